The number of hydrogen-bond acceptors (Lipinski definition) is 5. The fourth-order valence-electron chi connectivity index (χ4n) is 0. The van der Waals surface area contributed by atoms with Gasteiger partial charge < -0.3 is 27.4 Å². The van der Waals surface area contributed by atoms with Crippen LogP contribution in [-0.2, 0) is 17.1 Å². The van der Waals surface area contributed by atoms with Crippen LogP contribution in [0.3, 0.4) is 0 Å². The van der Waals surface area contributed by atoms with Crippen LogP contribution in [0, 0.1) is 0 Å². The zero-order valence-electron chi connectivity index (χ0n) is 3.30. The minimum atomic E-state index is 0. The maximum absolute atomic E-state index is 0. The molecule has 0 aromatic carbocycles. The minimum Gasteiger partial charge on any atom is -0.870 e. The van der Waals surface area contributed by atoms with Crippen LogP contribution >= 0.6 is 0 Å². The first-order valence-corrected chi connectivity index (χ1v) is 0. The Bertz CT molecular complexity index is 8.04. The van der Waals surface area contributed by atoms with Gasteiger partial charge in [-0.25, -0.2) is 0 Å². The molecule has 0 amide bonds. The van der Waals surface area contributed by atoms with Gasteiger partial charge in [-0.2, -0.15) is 0 Å². The van der Waals surface area contributed by atoms with Gasteiger partial charge in [0, 0.05) is 0 Å². The van der Waals surface area contributed by atoms with Crippen molar-refractivity contribution >= 4 is 23.1 Å². The molecule has 0 unspecified atom stereocenters. The normalized spacial score (nSPS) is 0. The van der Waals surface area contributed by atoms with E-state index in [9.17, 15) is 0 Å². The van der Waals surface area contributed by atoms with E-state index in [0.717, 1.165) is 0 Å². The van der Waals surface area contributed by atoms with Crippen molar-refractivity contribution in [3.8, 4) is 0 Å². The third kappa shape index (κ3) is 155. The Hall–Kier alpha value is 1.09. The number of rotatable bonds is 0. The Kier molecular flexibility index (Phi) is 11000. The zero-order valence-corrected chi connectivity index (χ0v) is 5.82. The predicted molar refractivity (Wildman–Crippen MR) is 15.4 cm³/mol. The van der Waals surface area contributed by atoms with Crippen LogP contribution in [0.25, 0.3) is 0 Å². The summed E-state index contributed by atoms with van der Waals surface area (Å²) in [7, 11) is 0. The summed E-state index contributed by atoms with van der Waals surface area (Å²) >= 11 is 0. The Morgan fingerprint density at radius 3 is 0.429 bits per heavy atom. The van der Waals surface area contributed by atoms with Crippen LogP contribution in [0.15, 0.2) is 0 Å². The molecule has 0 aliphatic rings. The summed E-state index contributed by atoms with van der Waals surface area (Å²) in [5, 5.41) is 0. The molecule has 7 heteroatoms. The molecule has 0 rings (SSSR count). The first-order chi connectivity index (χ1) is 0. The SMILES string of the molecule is [Fe+3].[Mg+2].[OH-].[OH-].[OH-].[OH-].[OH-]. The quantitative estimate of drug-likeness (QED) is 0.410. The maximum Gasteiger partial charge on any atom is 3.00 e. The van der Waals surface area contributed by atoms with Crippen LogP contribution in [0.4, 0.5) is 0 Å². The number of hydrogen-bond donors (Lipinski definition) is 0. The van der Waals surface area contributed by atoms with Gasteiger partial charge in [0.25, 0.3) is 0 Å². The van der Waals surface area contributed by atoms with Crippen molar-refractivity contribution in [3.63, 3.8) is 0 Å². The molecule has 0 bridgehead atoms. The molecular formula is H5FeMgO5. The largest absolute Gasteiger partial charge is 3.00 e. The first kappa shape index (κ1) is 344. The summed E-state index contributed by atoms with van der Waals surface area (Å²) in [5.41, 5.74) is 0. The van der Waals surface area contributed by atoms with Crippen molar-refractivity contribution in [3.05, 3.63) is 0 Å². The van der Waals surface area contributed by atoms with Gasteiger partial charge in [-0.3, -0.25) is 0 Å². The summed E-state index contributed by atoms with van der Waals surface area (Å²) in [6, 6.07) is 0. The molecule has 0 spiro atoms. The summed E-state index contributed by atoms with van der Waals surface area (Å²) < 4.78 is 0. The molecule has 1 radical (unpaired) electrons. The van der Waals surface area contributed by atoms with Crippen LogP contribution in [-0.4, -0.2) is 50.4 Å². The molecule has 0 saturated heterocycles. The van der Waals surface area contributed by atoms with Gasteiger partial charge in [0.15, 0.2) is 0 Å². The van der Waals surface area contributed by atoms with Gasteiger partial charge in [0.2, 0.25) is 0 Å². The molecule has 7 heavy (non-hydrogen) atoms. The van der Waals surface area contributed by atoms with Gasteiger partial charge in [-0.15, -0.1) is 0 Å². The molecule has 0 aromatic heterocycles. The molecular weight excluding hydrogens is 160 g/mol. The van der Waals surface area contributed by atoms with E-state index in [4.69, 9.17) is 0 Å². The van der Waals surface area contributed by atoms with Crippen molar-refractivity contribution in [2.45, 2.75) is 0 Å². The zero-order chi connectivity index (χ0) is 0. The third-order valence-corrected chi connectivity index (χ3v) is 0. The Balaban J connectivity index is 0. The van der Waals surface area contributed by atoms with Gasteiger partial charge in [0.1, 0.15) is 0 Å². The van der Waals surface area contributed by atoms with E-state index < -0.39 is 0 Å². The van der Waals surface area contributed by atoms with Crippen molar-refractivity contribution in [1.29, 1.82) is 0 Å². The van der Waals surface area contributed by atoms with Gasteiger partial charge in [-0.05, 0) is 0 Å². The van der Waals surface area contributed by atoms with E-state index in [-0.39, 0.29) is 67.5 Å². The van der Waals surface area contributed by atoms with Gasteiger partial charge in [-0.1, -0.05) is 0 Å². The summed E-state index contributed by atoms with van der Waals surface area (Å²) in [6.07, 6.45) is 0. The molecule has 5 nitrogen and oxygen atoms in total. The molecule has 0 aliphatic carbocycles. The average molecular weight is 165 g/mol. The molecule has 0 heterocycles. The van der Waals surface area contributed by atoms with E-state index in [1.807, 2.05) is 0 Å². The topological polar surface area (TPSA) is 150 Å². The second-order valence-corrected chi connectivity index (χ2v) is 0. The summed E-state index contributed by atoms with van der Waals surface area (Å²) in [6.45, 7) is 0. The van der Waals surface area contributed by atoms with E-state index in [1.54, 1.807) is 0 Å². The van der Waals surface area contributed by atoms with Crippen molar-refractivity contribution in [2.75, 3.05) is 0 Å². The fourth-order valence-corrected chi connectivity index (χ4v) is 0. The van der Waals surface area contributed by atoms with Gasteiger partial charge in [0.05, 0.1) is 0 Å². The van der Waals surface area contributed by atoms with E-state index >= 15 is 0 Å². The standard InChI is InChI=1S/Fe.Mg.5H2O/h;;5*1H2/q+3;+2;;;;;/p-5. The van der Waals surface area contributed by atoms with Crippen LogP contribution in [0.1, 0.15) is 0 Å². The second kappa shape index (κ2) is 223. The van der Waals surface area contributed by atoms with Crippen molar-refractivity contribution in [2.24, 2.45) is 0 Å². The smallest absolute Gasteiger partial charge is 0.870 e. The Labute approximate surface area is 67.6 Å². The Morgan fingerprint density at radius 2 is 0.429 bits per heavy atom. The predicted octanol–water partition coefficient (Wildman–Crippen LogP) is -1.27. The summed E-state index contributed by atoms with van der Waals surface area (Å²) in [5.74, 6) is 0. The molecule has 0 saturated carbocycles. The first-order valence-electron chi connectivity index (χ1n) is 0. The monoisotopic (exact) mass is 165 g/mol. The van der Waals surface area contributed by atoms with E-state index in [2.05, 4.69) is 0 Å². The van der Waals surface area contributed by atoms with Crippen molar-refractivity contribution < 1.29 is 44.4 Å². The Morgan fingerprint density at radius 1 is 0.429 bits per heavy atom. The average Bonchev–Trinajstić information content (AvgIpc) is 0. The fraction of sp³-hybridized carbons (Fsp3) is 0. The summed E-state index contributed by atoms with van der Waals surface area (Å²) in [4.78, 5) is 0. The van der Waals surface area contributed by atoms with E-state index in [0.29, 0.717) is 0 Å². The third-order valence-electron chi connectivity index (χ3n) is 0. The molecule has 0 aromatic rings. The molecule has 5 N–H and O–H groups in total. The van der Waals surface area contributed by atoms with Crippen LogP contribution in [0.2, 0.25) is 0 Å². The van der Waals surface area contributed by atoms with Crippen LogP contribution in [0.5, 0.6) is 0 Å². The molecule has 0 fully saturated rings. The molecule has 45 valence electrons. The second-order valence-electron chi connectivity index (χ2n) is 0. The molecule has 0 atom stereocenters. The van der Waals surface area contributed by atoms with Gasteiger partial charge >= 0.3 is 40.1 Å². The molecule has 0 aliphatic heterocycles. The van der Waals surface area contributed by atoms with E-state index in [1.165, 1.54) is 0 Å². The van der Waals surface area contributed by atoms with Crippen LogP contribution < -0.4 is 0 Å². The minimum absolute atomic E-state index is 0. The maximum atomic E-state index is 0. The van der Waals surface area contributed by atoms with Crippen molar-refractivity contribution in [1.82, 2.24) is 0 Å².